The third-order valence-corrected chi connectivity index (χ3v) is 7.30. The lowest BCUT2D eigenvalue weighted by Crippen LogP contribution is -2.30. The number of fused-ring (bicyclic) bond motifs is 2. The van der Waals surface area contributed by atoms with Crippen LogP contribution in [0, 0.1) is 11.8 Å². The standard InChI is InChI=1S/C28H25N5O2/c34-28(21-5-6-21)32-11-9-18(15-32)16-33-26(31-24-14-29-17-30-27(24)33)20-3-1-19(2-4-20)22-7-8-25-23(13-22)10-12-35-25/h1-4,7-8,10,12-14,17-18,21H,5-6,9,11,15-16H2. The SMILES string of the molecule is O=C(C1CC1)N1CCC(Cn2c(-c3ccc(-c4ccc5occc5c4)cc3)nc3cncnc32)C1. The Hall–Kier alpha value is -4.00. The van der Waals surface area contributed by atoms with Gasteiger partial charge >= 0.3 is 0 Å². The topological polar surface area (TPSA) is 77.0 Å². The van der Waals surface area contributed by atoms with E-state index in [0.29, 0.717) is 11.8 Å². The number of hydrogen-bond acceptors (Lipinski definition) is 5. The van der Waals surface area contributed by atoms with Crippen LogP contribution < -0.4 is 0 Å². The second-order valence-electron chi connectivity index (χ2n) is 9.74. The van der Waals surface area contributed by atoms with Crippen LogP contribution in [0.15, 0.2) is 71.7 Å². The largest absolute Gasteiger partial charge is 0.464 e. The summed E-state index contributed by atoms with van der Waals surface area (Å²) in [6, 6.07) is 16.7. The Morgan fingerprint density at radius 1 is 1.00 bits per heavy atom. The third-order valence-electron chi connectivity index (χ3n) is 7.30. The first-order valence-electron chi connectivity index (χ1n) is 12.3. The Kier molecular flexibility index (Phi) is 4.68. The summed E-state index contributed by atoms with van der Waals surface area (Å²) in [5, 5.41) is 1.10. The van der Waals surface area contributed by atoms with Crippen LogP contribution in [0.1, 0.15) is 19.3 Å². The molecule has 3 aromatic heterocycles. The zero-order valence-corrected chi connectivity index (χ0v) is 19.3. The van der Waals surface area contributed by atoms with Crippen LogP contribution >= 0.6 is 0 Å². The van der Waals surface area contributed by atoms with Crippen LogP contribution in [0.5, 0.6) is 0 Å². The minimum atomic E-state index is 0.277. The van der Waals surface area contributed by atoms with Crippen molar-refractivity contribution in [2.45, 2.75) is 25.8 Å². The molecule has 1 amide bonds. The third kappa shape index (κ3) is 3.67. The minimum absolute atomic E-state index is 0.277. The quantitative estimate of drug-likeness (QED) is 0.360. The van der Waals surface area contributed by atoms with E-state index in [4.69, 9.17) is 9.40 Å². The van der Waals surface area contributed by atoms with E-state index in [9.17, 15) is 4.79 Å². The molecule has 7 heteroatoms. The highest BCUT2D eigenvalue weighted by Crippen LogP contribution is 2.34. The Labute approximate surface area is 202 Å². The van der Waals surface area contributed by atoms with Crippen LogP contribution in [-0.2, 0) is 11.3 Å². The molecule has 4 heterocycles. The van der Waals surface area contributed by atoms with Gasteiger partial charge in [0, 0.05) is 36.5 Å². The van der Waals surface area contributed by atoms with E-state index in [2.05, 4.69) is 55.8 Å². The van der Waals surface area contributed by atoms with Gasteiger partial charge in [-0.25, -0.2) is 15.0 Å². The predicted octanol–water partition coefficient (Wildman–Crippen LogP) is 5.17. The van der Waals surface area contributed by atoms with Gasteiger partial charge < -0.3 is 13.9 Å². The molecule has 1 atom stereocenters. The zero-order valence-electron chi connectivity index (χ0n) is 19.3. The van der Waals surface area contributed by atoms with Crippen LogP contribution in [0.2, 0.25) is 0 Å². The van der Waals surface area contributed by atoms with Gasteiger partial charge in [-0.3, -0.25) is 4.79 Å². The van der Waals surface area contributed by atoms with Crippen LogP contribution in [0.3, 0.4) is 0 Å². The van der Waals surface area contributed by atoms with Crippen LogP contribution in [0.25, 0.3) is 44.6 Å². The number of furan rings is 1. The van der Waals surface area contributed by atoms with Gasteiger partial charge in [-0.05, 0) is 54.5 Å². The van der Waals surface area contributed by atoms with Gasteiger partial charge in [-0.1, -0.05) is 30.3 Å². The Morgan fingerprint density at radius 3 is 2.69 bits per heavy atom. The summed E-state index contributed by atoms with van der Waals surface area (Å²) >= 11 is 0. The molecule has 0 spiro atoms. The van der Waals surface area contributed by atoms with E-state index in [1.807, 2.05) is 12.1 Å². The minimum Gasteiger partial charge on any atom is -0.464 e. The van der Waals surface area contributed by atoms with Crippen molar-refractivity contribution in [3.8, 4) is 22.5 Å². The fourth-order valence-corrected chi connectivity index (χ4v) is 5.26. The summed E-state index contributed by atoms with van der Waals surface area (Å²) in [6.07, 6.45) is 8.19. The Bertz CT molecular complexity index is 1550. The number of imidazole rings is 1. The first kappa shape index (κ1) is 20.4. The number of hydrogen-bond donors (Lipinski definition) is 0. The van der Waals surface area contributed by atoms with Crippen molar-refractivity contribution >= 4 is 28.0 Å². The molecular weight excluding hydrogens is 438 g/mol. The van der Waals surface area contributed by atoms with Gasteiger partial charge in [0.15, 0.2) is 5.65 Å². The lowest BCUT2D eigenvalue weighted by Gasteiger charge is -2.17. The molecule has 0 radical (unpaired) electrons. The van der Waals surface area contributed by atoms with E-state index in [1.165, 1.54) is 0 Å². The van der Waals surface area contributed by atoms with Crippen molar-refractivity contribution < 1.29 is 9.21 Å². The summed E-state index contributed by atoms with van der Waals surface area (Å²) < 4.78 is 7.68. The van der Waals surface area contributed by atoms with E-state index in [0.717, 1.165) is 83.5 Å². The predicted molar refractivity (Wildman–Crippen MR) is 133 cm³/mol. The van der Waals surface area contributed by atoms with E-state index in [-0.39, 0.29) is 5.92 Å². The fraction of sp³-hybridized carbons (Fsp3) is 0.286. The van der Waals surface area contributed by atoms with Gasteiger partial charge in [-0.2, -0.15) is 0 Å². The molecule has 0 N–H and O–H groups in total. The molecule has 1 aliphatic carbocycles. The first-order valence-corrected chi connectivity index (χ1v) is 12.3. The number of carbonyl (C=O) groups is 1. The molecule has 2 fully saturated rings. The molecule has 5 aromatic rings. The molecule has 2 aromatic carbocycles. The van der Waals surface area contributed by atoms with Crippen molar-refractivity contribution in [1.29, 1.82) is 0 Å². The smallest absolute Gasteiger partial charge is 0.225 e. The molecular formula is C28H25N5O2. The number of likely N-dealkylation sites (tertiary alicyclic amines) is 1. The zero-order chi connectivity index (χ0) is 23.4. The number of aromatic nitrogens is 4. The summed E-state index contributed by atoms with van der Waals surface area (Å²) in [6.45, 7) is 2.46. The van der Waals surface area contributed by atoms with Gasteiger partial charge in [0.05, 0.1) is 12.5 Å². The number of nitrogens with zero attached hydrogens (tertiary/aromatic N) is 5. The van der Waals surface area contributed by atoms with E-state index in [1.54, 1.807) is 18.8 Å². The van der Waals surface area contributed by atoms with Gasteiger partial charge in [0.2, 0.25) is 5.91 Å². The van der Waals surface area contributed by atoms with Crippen molar-refractivity contribution in [2.75, 3.05) is 13.1 Å². The van der Waals surface area contributed by atoms with E-state index < -0.39 is 0 Å². The second-order valence-corrected chi connectivity index (χ2v) is 9.74. The highest BCUT2D eigenvalue weighted by atomic mass is 16.3. The highest BCUT2D eigenvalue weighted by Gasteiger charge is 2.36. The molecule has 1 aliphatic heterocycles. The summed E-state index contributed by atoms with van der Waals surface area (Å²) in [5.74, 6) is 1.91. The molecule has 7 nitrogen and oxygen atoms in total. The molecule has 1 unspecified atom stereocenters. The van der Waals surface area contributed by atoms with Crippen LogP contribution in [-0.4, -0.2) is 43.4 Å². The summed E-state index contributed by atoms with van der Waals surface area (Å²) in [5.41, 5.74) is 5.86. The summed E-state index contributed by atoms with van der Waals surface area (Å²) in [4.78, 5) is 28.2. The Balaban J connectivity index is 1.19. The monoisotopic (exact) mass is 463 g/mol. The van der Waals surface area contributed by atoms with E-state index >= 15 is 0 Å². The molecule has 0 bridgehead atoms. The molecule has 7 rings (SSSR count). The molecule has 1 saturated carbocycles. The van der Waals surface area contributed by atoms with Gasteiger partial charge in [-0.15, -0.1) is 0 Å². The van der Waals surface area contributed by atoms with Crippen molar-refractivity contribution in [1.82, 2.24) is 24.4 Å². The maximum Gasteiger partial charge on any atom is 0.225 e. The summed E-state index contributed by atoms with van der Waals surface area (Å²) in [7, 11) is 0. The Morgan fingerprint density at radius 2 is 1.83 bits per heavy atom. The lowest BCUT2D eigenvalue weighted by molar-refractivity contribution is -0.131. The second kappa shape index (κ2) is 8.05. The fourth-order valence-electron chi connectivity index (χ4n) is 5.26. The molecule has 174 valence electrons. The lowest BCUT2D eigenvalue weighted by atomic mass is 10.0. The molecule has 2 aliphatic rings. The maximum atomic E-state index is 12.5. The number of amides is 1. The van der Waals surface area contributed by atoms with Crippen LogP contribution in [0.4, 0.5) is 0 Å². The number of carbonyl (C=O) groups excluding carboxylic acids is 1. The van der Waals surface area contributed by atoms with Gasteiger partial charge in [0.1, 0.15) is 23.3 Å². The number of benzene rings is 2. The average Bonchev–Trinajstić information content (AvgIpc) is 3.30. The average molecular weight is 464 g/mol. The van der Waals surface area contributed by atoms with Gasteiger partial charge in [0.25, 0.3) is 0 Å². The maximum absolute atomic E-state index is 12.5. The molecule has 35 heavy (non-hydrogen) atoms. The van der Waals surface area contributed by atoms with Crippen molar-refractivity contribution in [2.24, 2.45) is 11.8 Å². The normalized spacial score (nSPS) is 18.1. The van der Waals surface area contributed by atoms with Crippen molar-refractivity contribution in [3.05, 3.63) is 67.3 Å². The number of rotatable bonds is 5. The highest BCUT2D eigenvalue weighted by molar-refractivity contribution is 5.84. The first-order chi connectivity index (χ1) is 17.2. The van der Waals surface area contributed by atoms with Crippen molar-refractivity contribution in [3.63, 3.8) is 0 Å². The molecule has 1 saturated heterocycles.